The minimum Gasteiger partial charge on any atom is -0.491 e. The summed E-state index contributed by atoms with van der Waals surface area (Å²) in [5.41, 5.74) is 3.09. The van der Waals surface area contributed by atoms with Gasteiger partial charge >= 0.3 is 0 Å². The Morgan fingerprint density at radius 3 is 2.19 bits per heavy atom. The summed E-state index contributed by atoms with van der Waals surface area (Å²) >= 11 is 0. The normalized spacial score (nSPS) is 12.1. The zero-order valence-corrected chi connectivity index (χ0v) is 16.7. The molecule has 3 heteroatoms. The van der Waals surface area contributed by atoms with Crippen LogP contribution in [-0.4, -0.2) is 16.3 Å². The van der Waals surface area contributed by atoms with Crippen LogP contribution in [0.5, 0.6) is 5.75 Å². The molecule has 0 radical (unpaired) electrons. The largest absolute Gasteiger partial charge is 0.491 e. The fourth-order valence-corrected chi connectivity index (χ4v) is 3.06. The molecule has 1 atom stereocenters. The molecule has 2 rings (SSSR count). The van der Waals surface area contributed by atoms with E-state index in [2.05, 4.69) is 55.2 Å². The first-order valence-corrected chi connectivity index (χ1v) is 10.3. The monoisotopic (exact) mass is 354 g/mol. The lowest BCUT2D eigenvalue weighted by Gasteiger charge is -2.15. The van der Waals surface area contributed by atoms with Crippen LogP contribution in [0.1, 0.15) is 77.8 Å². The predicted molar refractivity (Wildman–Crippen MR) is 110 cm³/mol. The maximum Gasteiger partial charge on any atom is 0.119 e. The van der Waals surface area contributed by atoms with E-state index in [0.29, 0.717) is 0 Å². The molecule has 0 aliphatic carbocycles. The quantitative estimate of drug-likeness (QED) is 0.402. The van der Waals surface area contributed by atoms with Crippen LogP contribution in [0.15, 0.2) is 36.4 Å². The summed E-state index contributed by atoms with van der Waals surface area (Å²) in [5.74, 6) is 0.931. The zero-order valence-electron chi connectivity index (χ0n) is 16.7. The van der Waals surface area contributed by atoms with Crippen molar-refractivity contribution in [1.82, 2.24) is 10.2 Å². The standard InChI is InChI=1S/C23H34N2O/c1-4-6-8-10-11-19(3)26-22-16-13-20(14-17-22)23-18-15-21(24-25-23)12-9-7-5-2/h13-19H,4-12H2,1-3H3. The second kappa shape index (κ2) is 11.7. The van der Waals surface area contributed by atoms with Gasteiger partial charge in [0.1, 0.15) is 5.75 Å². The number of aryl methyl sites for hydroxylation is 1. The Labute approximate surface area is 159 Å². The number of unbranched alkanes of at least 4 members (excludes halogenated alkanes) is 5. The highest BCUT2D eigenvalue weighted by Crippen LogP contribution is 2.22. The number of aromatic nitrogens is 2. The molecular weight excluding hydrogens is 320 g/mol. The van der Waals surface area contributed by atoms with E-state index in [0.717, 1.165) is 35.5 Å². The van der Waals surface area contributed by atoms with Gasteiger partial charge in [0.05, 0.1) is 17.5 Å². The highest BCUT2D eigenvalue weighted by molar-refractivity contribution is 5.59. The van der Waals surface area contributed by atoms with Gasteiger partial charge in [0.15, 0.2) is 0 Å². The average Bonchev–Trinajstić information content (AvgIpc) is 2.67. The molecule has 26 heavy (non-hydrogen) atoms. The molecule has 1 heterocycles. The molecule has 1 aromatic heterocycles. The fraction of sp³-hybridized carbons (Fsp3) is 0.565. The number of hydrogen-bond acceptors (Lipinski definition) is 3. The third-order valence-electron chi connectivity index (χ3n) is 4.71. The number of rotatable bonds is 12. The molecule has 142 valence electrons. The van der Waals surface area contributed by atoms with Crippen molar-refractivity contribution >= 4 is 0 Å². The minimum atomic E-state index is 0.264. The summed E-state index contributed by atoms with van der Waals surface area (Å²) in [6.45, 7) is 6.61. The molecule has 1 aromatic carbocycles. The van der Waals surface area contributed by atoms with Crippen molar-refractivity contribution in [2.24, 2.45) is 0 Å². The lowest BCUT2D eigenvalue weighted by molar-refractivity contribution is 0.206. The molecular formula is C23H34N2O. The summed E-state index contributed by atoms with van der Waals surface area (Å²) in [6.07, 6.45) is 11.2. The van der Waals surface area contributed by atoms with Crippen molar-refractivity contribution in [2.45, 2.75) is 84.7 Å². The van der Waals surface area contributed by atoms with E-state index in [1.54, 1.807) is 0 Å². The van der Waals surface area contributed by atoms with Crippen LogP contribution in [-0.2, 0) is 6.42 Å². The van der Waals surface area contributed by atoms with E-state index in [-0.39, 0.29) is 6.10 Å². The fourth-order valence-electron chi connectivity index (χ4n) is 3.06. The highest BCUT2D eigenvalue weighted by Gasteiger charge is 2.06. The summed E-state index contributed by atoms with van der Waals surface area (Å²) in [4.78, 5) is 0. The van der Waals surface area contributed by atoms with Crippen LogP contribution in [0.2, 0.25) is 0 Å². The second-order valence-electron chi connectivity index (χ2n) is 7.17. The van der Waals surface area contributed by atoms with Crippen LogP contribution in [0, 0.1) is 0 Å². The Morgan fingerprint density at radius 1 is 0.808 bits per heavy atom. The maximum atomic E-state index is 6.02. The molecule has 2 aromatic rings. The van der Waals surface area contributed by atoms with E-state index in [9.17, 15) is 0 Å². The van der Waals surface area contributed by atoms with Gasteiger partial charge in [0.2, 0.25) is 0 Å². The van der Waals surface area contributed by atoms with Crippen LogP contribution in [0.3, 0.4) is 0 Å². The van der Waals surface area contributed by atoms with E-state index >= 15 is 0 Å². The lowest BCUT2D eigenvalue weighted by Crippen LogP contribution is -2.11. The van der Waals surface area contributed by atoms with Gasteiger partial charge in [-0.2, -0.15) is 10.2 Å². The third kappa shape index (κ3) is 7.15. The first-order chi connectivity index (χ1) is 12.7. The van der Waals surface area contributed by atoms with Crippen molar-refractivity contribution in [3.63, 3.8) is 0 Å². The van der Waals surface area contributed by atoms with Gasteiger partial charge in [0, 0.05) is 5.56 Å². The van der Waals surface area contributed by atoms with Gasteiger partial charge in [0.25, 0.3) is 0 Å². The van der Waals surface area contributed by atoms with Crippen molar-refractivity contribution in [3.8, 4) is 17.0 Å². The first-order valence-electron chi connectivity index (χ1n) is 10.3. The molecule has 0 amide bonds. The zero-order chi connectivity index (χ0) is 18.6. The van der Waals surface area contributed by atoms with Gasteiger partial charge in [-0.15, -0.1) is 0 Å². The molecule has 0 fully saturated rings. The number of hydrogen-bond donors (Lipinski definition) is 0. The van der Waals surface area contributed by atoms with Gasteiger partial charge < -0.3 is 4.74 Å². The Bertz CT molecular complexity index is 607. The molecule has 3 nitrogen and oxygen atoms in total. The predicted octanol–water partition coefficient (Wildman–Crippen LogP) is 6.61. The Kier molecular flexibility index (Phi) is 9.16. The molecule has 0 aliphatic heterocycles. The number of benzene rings is 1. The van der Waals surface area contributed by atoms with Crippen LogP contribution >= 0.6 is 0 Å². The maximum absolute atomic E-state index is 6.02. The Balaban J connectivity index is 1.84. The second-order valence-corrected chi connectivity index (χ2v) is 7.17. The minimum absolute atomic E-state index is 0.264. The van der Waals surface area contributed by atoms with E-state index < -0.39 is 0 Å². The lowest BCUT2D eigenvalue weighted by atomic mass is 10.1. The first kappa shape index (κ1) is 20.4. The topological polar surface area (TPSA) is 35.0 Å². The smallest absolute Gasteiger partial charge is 0.119 e. The molecule has 1 unspecified atom stereocenters. The Morgan fingerprint density at radius 2 is 1.54 bits per heavy atom. The Hall–Kier alpha value is -1.90. The van der Waals surface area contributed by atoms with Gasteiger partial charge in [-0.3, -0.25) is 0 Å². The van der Waals surface area contributed by atoms with Crippen LogP contribution < -0.4 is 4.74 Å². The summed E-state index contributed by atoms with van der Waals surface area (Å²) in [6, 6.07) is 12.4. The van der Waals surface area contributed by atoms with Crippen molar-refractivity contribution < 1.29 is 4.74 Å². The molecule has 0 bridgehead atoms. The van der Waals surface area contributed by atoms with Crippen LogP contribution in [0.25, 0.3) is 11.3 Å². The number of ether oxygens (including phenoxy) is 1. The summed E-state index contributed by atoms with van der Waals surface area (Å²) < 4.78 is 6.02. The van der Waals surface area contributed by atoms with Crippen molar-refractivity contribution in [3.05, 3.63) is 42.1 Å². The van der Waals surface area contributed by atoms with E-state index in [4.69, 9.17) is 4.74 Å². The average molecular weight is 355 g/mol. The summed E-state index contributed by atoms with van der Waals surface area (Å²) in [7, 11) is 0. The summed E-state index contributed by atoms with van der Waals surface area (Å²) in [5, 5.41) is 8.75. The molecule has 0 saturated carbocycles. The van der Waals surface area contributed by atoms with Crippen molar-refractivity contribution in [1.29, 1.82) is 0 Å². The van der Waals surface area contributed by atoms with Gasteiger partial charge in [-0.05, 0) is 69.0 Å². The van der Waals surface area contributed by atoms with Crippen LogP contribution in [0.4, 0.5) is 0 Å². The van der Waals surface area contributed by atoms with Gasteiger partial charge in [-0.25, -0.2) is 0 Å². The molecule has 0 aliphatic rings. The third-order valence-corrected chi connectivity index (χ3v) is 4.71. The van der Waals surface area contributed by atoms with E-state index in [1.807, 2.05) is 12.1 Å². The number of nitrogens with zero attached hydrogens (tertiary/aromatic N) is 2. The molecule has 0 saturated heterocycles. The molecule has 0 N–H and O–H groups in total. The van der Waals surface area contributed by atoms with E-state index in [1.165, 1.54) is 44.9 Å². The van der Waals surface area contributed by atoms with Gasteiger partial charge in [-0.1, -0.05) is 46.0 Å². The van der Waals surface area contributed by atoms with Crippen molar-refractivity contribution in [2.75, 3.05) is 0 Å². The molecule has 0 spiro atoms. The SMILES string of the molecule is CCCCCCC(C)Oc1ccc(-c2ccc(CCCCC)nn2)cc1. The highest BCUT2D eigenvalue weighted by atomic mass is 16.5.